The minimum Gasteiger partial charge on any atom is -0.351 e. The Morgan fingerprint density at radius 2 is 1.94 bits per heavy atom. The zero-order chi connectivity index (χ0) is 22.7. The van der Waals surface area contributed by atoms with E-state index in [0.29, 0.717) is 40.9 Å². The summed E-state index contributed by atoms with van der Waals surface area (Å²) in [5.41, 5.74) is 2.73. The van der Waals surface area contributed by atoms with E-state index in [1.807, 2.05) is 54.9 Å². The summed E-state index contributed by atoms with van der Waals surface area (Å²) >= 11 is 7.01. The Labute approximate surface area is 193 Å². The number of aromatic nitrogens is 5. The van der Waals surface area contributed by atoms with Crippen LogP contribution in [-0.4, -0.2) is 35.9 Å². The van der Waals surface area contributed by atoms with Crippen LogP contribution < -0.4 is 10.9 Å². The Morgan fingerprint density at radius 1 is 1.16 bits per heavy atom. The molecule has 4 rings (SSSR count). The second-order valence-electron chi connectivity index (χ2n) is 7.16. The third kappa shape index (κ3) is 4.53. The van der Waals surface area contributed by atoms with Gasteiger partial charge >= 0.3 is 0 Å². The number of benzene rings is 1. The molecule has 0 aliphatic carbocycles. The summed E-state index contributed by atoms with van der Waals surface area (Å²) in [6.07, 6.45) is 2.04. The summed E-state index contributed by atoms with van der Waals surface area (Å²) in [6.45, 7) is 2.21. The number of alkyl halides is 1. The van der Waals surface area contributed by atoms with Crippen molar-refractivity contribution in [3.63, 3.8) is 0 Å². The first kappa shape index (κ1) is 22.0. The van der Waals surface area contributed by atoms with Crippen molar-refractivity contribution >= 4 is 34.9 Å². The molecular formula is C22H21ClN6O2S. The third-order valence-corrected chi connectivity index (χ3v) is 6.46. The molecule has 1 amide bonds. The zero-order valence-corrected chi connectivity index (χ0v) is 19.2. The normalized spacial score (nSPS) is 11.1. The number of carbonyl (C=O) groups excluding carboxylic acids is 1. The zero-order valence-electron chi connectivity index (χ0n) is 17.6. The van der Waals surface area contributed by atoms with Gasteiger partial charge in [-0.2, -0.15) is 0 Å². The second kappa shape index (κ2) is 9.54. The van der Waals surface area contributed by atoms with Crippen molar-refractivity contribution in [1.29, 1.82) is 0 Å². The number of amides is 1. The molecule has 164 valence electrons. The SMILES string of the molecule is Cc1nc2ccccn2c(=O)c1Cc1nnc(Sc2ccccc2CNC(=O)CCl)n1C. The molecule has 1 aromatic carbocycles. The van der Waals surface area contributed by atoms with Gasteiger partial charge in [0.1, 0.15) is 17.4 Å². The number of nitrogens with zero attached hydrogens (tertiary/aromatic N) is 5. The summed E-state index contributed by atoms with van der Waals surface area (Å²) < 4.78 is 3.41. The van der Waals surface area contributed by atoms with E-state index in [1.165, 1.54) is 11.8 Å². The molecule has 0 aliphatic heterocycles. The Morgan fingerprint density at radius 3 is 2.75 bits per heavy atom. The van der Waals surface area contributed by atoms with Crippen LogP contribution in [0.3, 0.4) is 0 Å². The fourth-order valence-corrected chi connectivity index (χ4v) is 4.31. The van der Waals surface area contributed by atoms with E-state index in [4.69, 9.17) is 11.6 Å². The van der Waals surface area contributed by atoms with E-state index >= 15 is 0 Å². The van der Waals surface area contributed by atoms with Gasteiger partial charge in [-0.25, -0.2) is 4.98 Å². The molecule has 0 bridgehead atoms. The van der Waals surface area contributed by atoms with Gasteiger partial charge < -0.3 is 9.88 Å². The molecule has 10 heteroatoms. The fraction of sp³-hybridized carbons (Fsp3) is 0.227. The number of fused-ring (bicyclic) bond motifs is 1. The van der Waals surface area contributed by atoms with E-state index in [2.05, 4.69) is 20.5 Å². The number of rotatable bonds is 7. The minimum atomic E-state index is -0.224. The molecule has 0 spiro atoms. The number of nitrogens with one attached hydrogen (secondary N) is 1. The van der Waals surface area contributed by atoms with E-state index in [1.54, 1.807) is 16.7 Å². The number of halogens is 1. The molecule has 0 saturated heterocycles. The lowest BCUT2D eigenvalue weighted by atomic mass is 10.1. The van der Waals surface area contributed by atoms with Crippen LogP contribution in [0.2, 0.25) is 0 Å². The van der Waals surface area contributed by atoms with Crippen LogP contribution in [-0.2, 0) is 24.8 Å². The monoisotopic (exact) mass is 468 g/mol. The van der Waals surface area contributed by atoms with Crippen LogP contribution in [0.15, 0.2) is 63.5 Å². The second-order valence-corrected chi connectivity index (χ2v) is 8.44. The summed E-state index contributed by atoms with van der Waals surface area (Å²) in [6, 6.07) is 13.2. The molecule has 0 saturated carbocycles. The summed E-state index contributed by atoms with van der Waals surface area (Å²) in [7, 11) is 1.87. The van der Waals surface area contributed by atoms with Crippen LogP contribution in [0.5, 0.6) is 0 Å². The van der Waals surface area contributed by atoms with E-state index < -0.39 is 0 Å². The molecule has 0 atom stereocenters. The highest BCUT2D eigenvalue weighted by Crippen LogP contribution is 2.29. The van der Waals surface area contributed by atoms with Gasteiger partial charge in [0, 0.05) is 42.4 Å². The average Bonchev–Trinajstić information content (AvgIpc) is 3.14. The average molecular weight is 469 g/mol. The standard InChI is InChI=1S/C22H21ClN6O2S/c1-14-16(21(31)29-10-6-5-9-18(29)25-14)11-19-26-27-22(28(19)2)32-17-8-4-3-7-15(17)13-24-20(30)12-23/h3-10H,11-13H2,1-2H3,(H,24,30). The number of hydrogen-bond donors (Lipinski definition) is 1. The Bertz CT molecular complexity index is 1350. The lowest BCUT2D eigenvalue weighted by Crippen LogP contribution is -2.23. The molecule has 0 fully saturated rings. The first-order chi connectivity index (χ1) is 15.5. The Kier molecular flexibility index (Phi) is 6.57. The predicted octanol–water partition coefficient (Wildman–Crippen LogP) is 2.73. The van der Waals surface area contributed by atoms with Crippen molar-refractivity contribution in [2.75, 3.05) is 5.88 Å². The van der Waals surface area contributed by atoms with Gasteiger partial charge in [0.2, 0.25) is 5.91 Å². The maximum absolute atomic E-state index is 13.0. The van der Waals surface area contributed by atoms with E-state index in [9.17, 15) is 9.59 Å². The molecule has 3 aromatic heterocycles. The van der Waals surface area contributed by atoms with Crippen molar-refractivity contribution in [2.45, 2.75) is 29.9 Å². The molecule has 32 heavy (non-hydrogen) atoms. The summed E-state index contributed by atoms with van der Waals surface area (Å²) in [4.78, 5) is 30.0. The van der Waals surface area contributed by atoms with Crippen molar-refractivity contribution < 1.29 is 4.79 Å². The molecular weight excluding hydrogens is 448 g/mol. The van der Waals surface area contributed by atoms with Crippen molar-refractivity contribution in [2.24, 2.45) is 7.05 Å². The highest BCUT2D eigenvalue weighted by atomic mass is 35.5. The first-order valence-corrected chi connectivity index (χ1v) is 11.3. The largest absolute Gasteiger partial charge is 0.351 e. The Balaban J connectivity index is 1.59. The van der Waals surface area contributed by atoms with Crippen LogP contribution >= 0.6 is 23.4 Å². The quantitative estimate of drug-likeness (QED) is 0.419. The molecule has 0 aliphatic rings. The van der Waals surface area contributed by atoms with Crippen LogP contribution in [0.1, 0.15) is 22.6 Å². The lowest BCUT2D eigenvalue weighted by molar-refractivity contribution is -0.118. The van der Waals surface area contributed by atoms with Gasteiger partial charge in [-0.1, -0.05) is 24.3 Å². The first-order valence-electron chi connectivity index (χ1n) is 9.91. The van der Waals surface area contributed by atoms with Crippen molar-refractivity contribution in [1.82, 2.24) is 29.5 Å². The summed E-state index contributed by atoms with van der Waals surface area (Å²) in [5.74, 6) is 0.363. The summed E-state index contributed by atoms with van der Waals surface area (Å²) in [5, 5.41) is 12.1. The van der Waals surface area contributed by atoms with Crippen LogP contribution in [0.25, 0.3) is 5.65 Å². The van der Waals surface area contributed by atoms with Gasteiger partial charge in [0.05, 0.1) is 0 Å². The highest BCUT2D eigenvalue weighted by Gasteiger charge is 2.17. The number of aryl methyl sites for hydroxylation is 1. The van der Waals surface area contributed by atoms with Gasteiger partial charge in [0.15, 0.2) is 5.16 Å². The molecule has 1 N–H and O–H groups in total. The van der Waals surface area contributed by atoms with Crippen molar-refractivity contribution in [3.05, 3.63) is 81.7 Å². The highest BCUT2D eigenvalue weighted by molar-refractivity contribution is 7.99. The Hall–Kier alpha value is -3.17. The molecule has 3 heterocycles. The molecule has 8 nitrogen and oxygen atoms in total. The topological polar surface area (TPSA) is 94.2 Å². The molecule has 4 aromatic rings. The number of pyridine rings is 1. The lowest BCUT2D eigenvalue weighted by Gasteiger charge is -2.10. The maximum Gasteiger partial charge on any atom is 0.261 e. The van der Waals surface area contributed by atoms with Gasteiger partial charge in [-0.05, 0) is 42.4 Å². The third-order valence-electron chi connectivity index (χ3n) is 5.07. The fourth-order valence-electron chi connectivity index (χ4n) is 3.27. The molecule has 0 unspecified atom stereocenters. The smallest absolute Gasteiger partial charge is 0.261 e. The molecule has 0 radical (unpaired) electrons. The van der Waals surface area contributed by atoms with Crippen molar-refractivity contribution in [3.8, 4) is 0 Å². The van der Waals surface area contributed by atoms with E-state index in [-0.39, 0.29) is 17.3 Å². The van der Waals surface area contributed by atoms with Crippen LogP contribution in [0.4, 0.5) is 0 Å². The minimum absolute atomic E-state index is 0.0784. The number of carbonyl (C=O) groups is 1. The predicted molar refractivity (Wildman–Crippen MR) is 123 cm³/mol. The van der Waals surface area contributed by atoms with Gasteiger partial charge in [-0.3, -0.25) is 14.0 Å². The number of hydrogen-bond acceptors (Lipinski definition) is 6. The maximum atomic E-state index is 13.0. The van der Waals surface area contributed by atoms with Gasteiger partial charge in [-0.15, -0.1) is 21.8 Å². The van der Waals surface area contributed by atoms with Crippen LogP contribution in [0, 0.1) is 6.92 Å². The van der Waals surface area contributed by atoms with E-state index in [0.717, 1.165) is 10.5 Å². The van der Waals surface area contributed by atoms with Gasteiger partial charge in [0.25, 0.3) is 5.56 Å².